The van der Waals surface area contributed by atoms with E-state index < -0.39 is 0 Å². The molecule has 0 bridgehead atoms. The van der Waals surface area contributed by atoms with Gasteiger partial charge in [0.2, 0.25) is 0 Å². The van der Waals surface area contributed by atoms with Gasteiger partial charge in [-0.15, -0.1) is 12.4 Å². The number of benzene rings is 1. The normalized spacial score (nSPS) is 9.69. The van der Waals surface area contributed by atoms with Gasteiger partial charge in [0, 0.05) is 6.07 Å². The maximum atomic E-state index is 5.56. The van der Waals surface area contributed by atoms with Crippen LogP contribution in [0.2, 0.25) is 5.35 Å². The van der Waals surface area contributed by atoms with Crippen LogP contribution in [-0.2, 0) is 0 Å². The Morgan fingerprint density at radius 3 is 2.92 bits per heavy atom. The molecule has 70 valence electrons. The number of ether oxygens (including phenoxy) is 1. The van der Waals surface area contributed by atoms with Crippen molar-refractivity contribution >= 4 is 35.1 Å². The summed E-state index contributed by atoms with van der Waals surface area (Å²) in [5.41, 5.74) is 1.38. The number of rotatable bonds is 1. The van der Waals surface area contributed by atoms with Crippen LogP contribution in [0, 0.1) is 0 Å². The van der Waals surface area contributed by atoms with Crippen LogP contribution >= 0.6 is 24.0 Å². The molecule has 0 spiro atoms. The molecule has 1 heterocycles. The molecule has 5 heteroatoms. The zero-order valence-electron chi connectivity index (χ0n) is 6.78. The van der Waals surface area contributed by atoms with Crippen LogP contribution in [0.1, 0.15) is 0 Å². The molecule has 0 fully saturated rings. The first-order valence-electron chi connectivity index (χ1n) is 3.39. The molecule has 0 aliphatic rings. The molecule has 0 atom stereocenters. The maximum Gasteiger partial charge on any atom is 0.293 e. The summed E-state index contributed by atoms with van der Waals surface area (Å²) in [5.74, 6) is 0.732. The number of fused-ring (bicyclic) bond motifs is 1. The van der Waals surface area contributed by atoms with Gasteiger partial charge in [0.15, 0.2) is 5.58 Å². The van der Waals surface area contributed by atoms with Gasteiger partial charge in [-0.05, 0) is 23.7 Å². The molecule has 1 aromatic carbocycles. The minimum Gasteiger partial charge on any atom is -0.497 e. The number of nitrogens with zero attached hydrogens (tertiary/aromatic N) is 1. The second kappa shape index (κ2) is 3.85. The third-order valence-corrected chi connectivity index (χ3v) is 1.73. The summed E-state index contributed by atoms with van der Waals surface area (Å²) >= 11 is 5.56. The van der Waals surface area contributed by atoms with Crippen LogP contribution in [0.3, 0.4) is 0 Å². The average molecular weight is 220 g/mol. The summed E-state index contributed by atoms with van der Waals surface area (Å²) in [5, 5.41) is 0.151. The lowest BCUT2D eigenvalue weighted by Crippen LogP contribution is -1.80. The SMILES string of the molecule is COc1ccc2nc(Cl)oc2c1.Cl. The molecule has 13 heavy (non-hydrogen) atoms. The van der Waals surface area contributed by atoms with E-state index in [1.165, 1.54) is 0 Å². The summed E-state index contributed by atoms with van der Waals surface area (Å²) in [6.07, 6.45) is 0. The molecule has 0 amide bonds. The van der Waals surface area contributed by atoms with Gasteiger partial charge in [-0.25, -0.2) is 0 Å². The molecule has 2 rings (SSSR count). The Labute approximate surface area is 86.1 Å². The van der Waals surface area contributed by atoms with E-state index in [2.05, 4.69) is 4.98 Å². The highest BCUT2D eigenvalue weighted by Gasteiger charge is 2.03. The fourth-order valence-corrected chi connectivity index (χ4v) is 1.18. The second-order valence-electron chi connectivity index (χ2n) is 2.30. The topological polar surface area (TPSA) is 35.3 Å². The highest BCUT2D eigenvalue weighted by Crippen LogP contribution is 2.22. The van der Waals surface area contributed by atoms with E-state index in [1.807, 2.05) is 0 Å². The molecular formula is C8H7Cl2NO2. The monoisotopic (exact) mass is 219 g/mol. The molecular weight excluding hydrogens is 213 g/mol. The number of halogens is 2. The van der Waals surface area contributed by atoms with Crippen molar-refractivity contribution in [3.63, 3.8) is 0 Å². The average Bonchev–Trinajstić information content (AvgIpc) is 2.43. The molecule has 2 aromatic rings. The van der Waals surface area contributed by atoms with Gasteiger partial charge in [0.25, 0.3) is 5.35 Å². The molecule has 0 saturated carbocycles. The number of aromatic nitrogens is 1. The van der Waals surface area contributed by atoms with E-state index in [4.69, 9.17) is 20.8 Å². The van der Waals surface area contributed by atoms with Gasteiger partial charge in [-0.3, -0.25) is 0 Å². The summed E-state index contributed by atoms with van der Waals surface area (Å²) in [4.78, 5) is 3.93. The van der Waals surface area contributed by atoms with E-state index >= 15 is 0 Å². The van der Waals surface area contributed by atoms with Gasteiger partial charge in [-0.2, -0.15) is 4.98 Å². The number of oxazole rings is 1. The van der Waals surface area contributed by atoms with Gasteiger partial charge in [-0.1, -0.05) is 0 Å². The molecule has 0 unspecified atom stereocenters. The van der Waals surface area contributed by atoms with Crippen molar-refractivity contribution in [3.05, 3.63) is 23.5 Å². The summed E-state index contributed by atoms with van der Waals surface area (Å²) in [6.45, 7) is 0. The Hall–Kier alpha value is -0.930. The minimum atomic E-state index is 0. The van der Waals surface area contributed by atoms with Crippen molar-refractivity contribution in [1.82, 2.24) is 4.98 Å². The minimum absolute atomic E-state index is 0. The smallest absolute Gasteiger partial charge is 0.293 e. The molecule has 0 aliphatic heterocycles. The third-order valence-electron chi connectivity index (χ3n) is 1.57. The van der Waals surface area contributed by atoms with Crippen molar-refractivity contribution in [2.45, 2.75) is 0 Å². The third kappa shape index (κ3) is 1.87. The van der Waals surface area contributed by atoms with Crippen LogP contribution in [0.4, 0.5) is 0 Å². The predicted molar refractivity (Wildman–Crippen MR) is 52.8 cm³/mol. The first-order chi connectivity index (χ1) is 5.79. The summed E-state index contributed by atoms with van der Waals surface area (Å²) in [7, 11) is 1.60. The fraction of sp³-hybridized carbons (Fsp3) is 0.125. The molecule has 0 aliphatic carbocycles. The molecule has 0 radical (unpaired) electrons. The van der Waals surface area contributed by atoms with Crippen molar-refractivity contribution in [3.8, 4) is 5.75 Å². The van der Waals surface area contributed by atoms with E-state index in [-0.39, 0.29) is 17.8 Å². The summed E-state index contributed by atoms with van der Waals surface area (Å²) < 4.78 is 10.1. The maximum absolute atomic E-state index is 5.56. The van der Waals surface area contributed by atoms with Crippen LogP contribution < -0.4 is 4.74 Å². The Balaban J connectivity index is 0.000000845. The highest BCUT2D eigenvalue weighted by molar-refractivity contribution is 6.28. The second-order valence-corrected chi connectivity index (χ2v) is 2.62. The van der Waals surface area contributed by atoms with Crippen LogP contribution in [-0.4, -0.2) is 12.1 Å². The van der Waals surface area contributed by atoms with Crippen molar-refractivity contribution < 1.29 is 9.15 Å². The first-order valence-corrected chi connectivity index (χ1v) is 3.77. The van der Waals surface area contributed by atoms with Crippen molar-refractivity contribution in [1.29, 1.82) is 0 Å². The lowest BCUT2D eigenvalue weighted by molar-refractivity contribution is 0.414. The number of hydrogen-bond donors (Lipinski definition) is 0. The summed E-state index contributed by atoms with van der Waals surface area (Å²) in [6, 6.07) is 5.35. The van der Waals surface area contributed by atoms with Crippen molar-refractivity contribution in [2.75, 3.05) is 7.11 Å². The fourth-order valence-electron chi connectivity index (χ4n) is 1.00. The largest absolute Gasteiger partial charge is 0.497 e. The Morgan fingerprint density at radius 1 is 1.46 bits per heavy atom. The van der Waals surface area contributed by atoms with E-state index in [1.54, 1.807) is 25.3 Å². The Bertz CT molecular complexity index is 413. The highest BCUT2D eigenvalue weighted by atomic mass is 35.5. The lowest BCUT2D eigenvalue weighted by Gasteiger charge is -1.95. The number of hydrogen-bond acceptors (Lipinski definition) is 3. The van der Waals surface area contributed by atoms with Crippen LogP contribution in [0.5, 0.6) is 5.75 Å². The van der Waals surface area contributed by atoms with Gasteiger partial charge in [0.05, 0.1) is 7.11 Å². The molecule has 1 aromatic heterocycles. The number of methoxy groups -OCH3 is 1. The molecule has 0 saturated heterocycles. The predicted octanol–water partition coefficient (Wildman–Crippen LogP) is 2.91. The Kier molecular flexibility index (Phi) is 3.01. The van der Waals surface area contributed by atoms with E-state index in [0.717, 1.165) is 11.3 Å². The van der Waals surface area contributed by atoms with Gasteiger partial charge < -0.3 is 9.15 Å². The van der Waals surface area contributed by atoms with Crippen molar-refractivity contribution in [2.24, 2.45) is 0 Å². The zero-order chi connectivity index (χ0) is 8.55. The van der Waals surface area contributed by atoms with E-state index in [0.29, 0.717) is 5.58 Å². The van der Waals surface area contributed by atoms with Gasteiger partial charge in [0.1, 0.15) is 11.3 Å². The van der Waals surface area contributed by atoms with Gasteiger partial charge >= 0.3 is 0 Å². The van der Waals surface area contributed by atoms with E-state index in [9.17, 15) is 0 Å². The zero-order valence-corrected chi connectivity index (χ0v) is 8.35. The standard InChI is InChI=1S/C8H6ClNO2.ClH/c1-11-5-2-3-6-7(4-5)12-8(9)10-6;/h2-4H,1H3;1H. The lowest BCUT2D eigenvalue weighted by atomic mass is 10.3. The quantitative estimate of drug-likeness (QED) is 0.741. The first kappa shape index (κ1) is 10.2. The molecule has 3 nitrogen and oxygen atoms in total. The van der Waals surface area contributed by atoms with Crippen LogP contribution in [0.25, 0.3) is 11.1 Å². The van der Waals surface area contributed by atoms with Crippen LogP contribution in [0.15, 0.2) is 22.6 Å². The molecule has 0 N–H and O–H groups in total. The Morgan fingerprint density at radius 2 is 2.23 bits per heavy atom.